The van der Waals surface area contributed by atoms with Gasteiger partial charge in [-0.15, -0.1) is 0 Å². The van der Waals surface area contributed by atoms with Crippen LogP contribution in [0.5, 0.6) is 11.5 Å². The van der Waals surface area contributed by atoms with Crippen LogP contribution in [0, 0.1) is 22.7 Å². The fourth-order valence-electron chi connectivity index (χ4n) is 1.40. The maximum absolute atomic E-state index is 8.97. The molecule has 0 aromatic heterocycles. The SMILES string of the molecule is N#Cc1ccc(Oc2ccc(Cl)cc2C#N)cc1. The standard InChI is InChI=1S/C14H7ClN2O/c15-12-3-6-14(11(7-12)9-17)18-13-4-1-10(8-16)2-5-13/h1-7H. The highest BCUT2D eigenvalue weighted by Gasteiger charge is 2.05. The molecule has 0 bridgehead atoms. The number of nitriles is 2. The van der Waals surface area contributed by atoms with Crippen LogP contribution in [-0.2, 0) is 0 Å². The van der Waals surface area contributed by atoms with Gasteiger partial charge in [0.1, 0.15) is 17.6 Å². The third-order valence-electron chi connectivity index (χ3n) is 2.27. The molecule has 2 rings (SSSR count). The first-order valence-electron chi connectivity index (χ1n) is 5.10. The van der Waals surface area contributed by atoms with Crippen LogP contribution >= 0.6 is 11.6 Å². The predicted molar refractivity (Wildman–Crippen MR) is 67.4 cm³/mol. The second-order valence-electron chi connectivity index (χ2n) is 3.49. The van der Waals surface area contributed by atoms with Gasteiger partial charge in [-0.3, -0.25) is 0 Å². The van der Waals surface area contributed by atoms with Crippen molar-refractivity contribution in [2.75, 3.05) is 0 Å². The molecule has 18 heavy (non-hydrogen) atoms. The predicted octanol–water partition coefficient (Wildman–Crippen LogP) is 3.88. The molecule has 2 aromatic rings. The van der Waals surface area contributed by atoms with Gasteiger partial charge in [-0.05, 0) is 42.5 Å². The zero-order valence-corrected chi connectivity index (χ0v) is 9.98. The molecule has 0 unspecified atom stereocenters. The summed E-state index contributed by atoms with van der Waals surface area (Å²) in [5.74, 6) is 0.999. The summed E-state index contributed by atoms with van der Waals surface area (Å²) in [6.45, 7) is 0. The minimum atomic E-state index is 0.367. The van der Waals surface area contributed by atoms with Crippen molar-refractivity contribution < 1.29 is 4.74 Å². The lowest BCUT2D eigenvalue weighted by Crippen LogP contribution is -1.88. The van der Waals surface area contributed by atoms with E-state index in [4.69, 9.17) is 26.9 Å². The lowest BCUT2D eigenvalue weighted by atomic mass is 10.2. The van der Waals surface area contributed by atoms with E-state index >= 15 is 0 Å². The molecule has 0 aliphatic heterocycles. The average Bonchev–Trinajstić information content (AvgIpc) is 2.41. The van der Waals surface area contributed by atoms with Gasteiger partial charge in [-0.1, -0.05) is 11.6 Å². The summed E-state index contributed by atoms with van der Waals surface area (Å²) < 4.78 is 5.56. The molecule has 0 amide bonds. The number of hydrogen-bond donors (Lipinski definition) is 0. The van der Waals surface area contributed by atoms with Crippen LogP contribution in [0.4, 0.5) is 0 Å². The molecule has 3 nitrogen and oxygen atoms in total. The molecule has 86 valence electrons. The van der Waals surface area contributed by atoms with Gasteiger partial charge in [-0.2, -0.15) is 10.5 Å². The summed E-state index contributed by atoms with van der Waals surface area (Å²) >= 11 is 5.80. The summed E-state index contributed by atoms with van der Waals surface area (Å²) in [7, 11) is 0. The Labute approximate surface area is 109 Å². The third-order valence-corrected chi connectivity index (χ3v) is 2.51. The van der Waals surface area contributed by atoms with Crippen molar-refractivity contribution in [3.05, 3.63) is 58.6 Å². The van der Waals surface area contributed by atoms with Gasteiger partial charge in [0.15, 0.2) is 0 Å². The van der Waals surface area contributed by atoms with E-state index in [1.54, 1.807) is 42.5 Å². The number of benzene rings is 2. The minimum Gasteiger partial charge on any atom is -0.456 e. The van der Waals surface area contributed by atoms with Crippen LogP contribution in [0.2, 0.25) is 5.02 Å². The number of rotatable bonds is 2. The molecule has 2 aromatic carbocycles. The van der Waals surface area contributed by atoms with Gasteiger partial charge >= 0.3 is 0 Å². The van der Waals surface area contributed by atoms with Crippen molar-refractivity contribution in [2.24, 2.45) is 0 Å². The van der Waals surface area contributed by atoms with Crippen molar-refractivity contribution >= 4 is 11.6 Å². The Bertz CT molecular complexity index is 651. The highest BCUT2D eigenvalue weighted by Crippen LogP contribution is 2.27. The normalized spacial score (nSPS) is 9.28. The van der Waals surface area contributed by atoms with Crippen molar-refractivity contribution in [3.63, 3.8) is 0 Å². The molecule has 0 radical (unpaired) electrons. The summed E-state index contributed by atoms with van der Waals surface area (Å²) in [6.07, 6.45) is 0. The van der Waals surface area contributed by atoms with E-state index in [9.17, 15) is 0 Å². The van der Waals surface area contributed by atoms with E-state index in [2.05, 4.69) is 0 Å². The molecule has 0 saturated heterocycles. The van der Waals surface area contributed by atoms with Crippen LogP contribution < -0.4 is 4.74 Å². The number of hydrogen-bond acceptors (Lipinski definition) is 3. The van der Waals surface area contributed by atoms with Crippen molar-refractivity contribution in [2.45, 2.75) is 0 Å². The molecule has 0 fully saturated rings. The highest BCUT2D eigenvalue weighted by atomic mass is 35.5. The van der Waals surface area contributed by atoms with Crippen molar-refractivity contribution in [1.82, 2.24) is 0 Å². The Morgan fingerprint density at radius 2 is 1.67 bits per heavy atom. The van der Waals surface area contributed by atoms with Gasteiger partial charge < -0.3 is 4.74 Å². The molecule has 4 heteroatoms. The quantitative estimate of drug-likeness (QED) is 0.817. The zero-order valence-electron chi connectivity index (χ0n) is 9.22. The topological polar surface area (TPSA) is 56.8 Å². The molecule has 0 spiro atoms. The van der Waals surface area contributed by atoms with Crippen LogP contribution in [0.3, 0.4) is 0 Å². The molecule has 0 aliphatic carbocycles. The second-order valence-corrected chi connectivity index (χ2v) is 3.93. The van der Waals surface area contributed by atoms with E-state index in [1.807, 2.05) is 12.1 Å². The monoisotopic (exact) mass is 254 g/mol. The van der Waals surface area contributed by atoms with Crippen LogP contribution in [0.15, 0.2) is 42.5 Å². The first-order valence-corrected chi connectivity index (χ1v) is 5.48. The Kier molecular flexibility index (Phi) is 3.48. The second kappa shape index (κ2) is 5.23. The van der Waals surface area contributed by atoms with E-state index in [0.29, 0.717) is 27.6 Å². The number of halogens is 1. The first kappa shape index (κ1) is 12.0. The number of nitrogens with zero attached hydrogens (tertiary/aromatic N) is 2. The largest absolute Gasteiger partial charge is 0.456 e. The van der Waals surface area contributed by atoms with Crippen LogP contribution in [-0.4, -0.2) is 0 Å². The van der Waals surface area contributed by atoms with Gasteiger partial charge in [0.05, 0.1) is 17.2 Å². The fraction of sp³-hybridized carbons (Fsp3) is 0. The lowest BCUT2D eigenvalue weighted by Gasteiger charge is -2.07. The van der Waals surface area contributed by atoms with Crippen molar-refractivity contribution in [1.29, 1.82) is 10.5 Å². The summed E-state index contributed by atoms with van der Waals surface area (Å²) in [4.78, 5) is 0. The Morgan fingerprint density at radius 1 is 0.944 bits per heavy atom. The maximum atomic E-state index is 8.97. The Morgan fingerprint density at radius 3 is 2.28 bits per heavy atom. The van der Waals surface area contributed by atoms with E-state index < -0.39 is 0 Å². The summed E-state index contributed by atoms with van der Waals surface area (Å²) in [5, 5.41) is 18.1. The lowest BCUT2D eigenvalue weighted by molar-refractivity contribution is 0.481. The van der Waals surface area contributed by atoms with E-state index in [1.165, 1.54) is 0 Å². The Balaban J connectivity index is 2.29. The number of ether oxygens (including phenoxy) is 1. The average molecular weight is 255 g/mol. The zero-order chi connectivity index (χ0) is 13.0. The fourth-order valence-corrected chi connectivity index (χ4v) is 1.58. The molecule has 0 N–H and O–H groups in total. The Hall–Kier alpha value is -2.49. The summed E-state index contributed by atoms with van der Waals surface area (Å²) in [6, 6.07) is 15.5. The van der Waals surface area contributed by atoms with Crippen LogP contribution in [0.1, 0.15) is 11.1 Å². The molecule has 0 atom stereocenters. The maximum Gasteiger partial charge on any atom is 0.145 e. The van der Waals surface area contributed by atoms with Crippen molar-refractivity contribution in [3.8, 4) is 23.6 Å². The molecule has 0 heterocycles. The van der Waals surface area contributed by atoms with Gasteiger partial charge in [-0.25, -0.2) is 0 Å². The van der Waals surface area contributed by atoms with Gasteiger partial charge in [0, 0.05) is 5.02 Å². The van der Waals surface area contributed by atoms with Gasteiger partial charge in [0.25, 0.3) is 0 Å². The molecule has 0 saturated carbocycles. The van der Waals surface area contributed by atoms with E-state index in [0.717, 1.165) is 0 Å². The smallest absolute Gasteiger partial charge is 0.145 e. The van der Waals surface area contributed by atoms with E-state index in [-0.39, 0.29) is 0 Å². The minimum absolute atomic E-state index is 0.367. The molecule has 0 aliphatic rings. The first-order chi connectivity index (χ1) is 8.72. The van der Waals surface area contributed by atoms with Crippen LogP contribution in [0.25, 0.3) is 0 Å². The van der Waals surface area contributed by atoms with Gasteiger partial charge in [0.2, 0.25) is 0 Å². The third kappa shape index (κ3) is 2.60. The molecular weight excluding hydrogens is 248 g/mol. The summed E-state index contributed by atoms with van der Waals surface area (Å²) in [5.41, 5.74) is 0.922. The molecular formula is C14H7ClN2O. The highest BCUT2D eigenvalue weighted by molar-refractivity contribution is 6.30.